The number of piperazine rings is 1. The Kier molecular flexibility index (Phi) is 5.70. The molecule has 26 heavy (non-hydrogen) atoms. The van der Waals surface area contributed by atoms with Gasteiger partial charge in [-0.3, -0.25) is 4.90 Å². The number of likely N-dealkylation sites (N-methyl/N-ethyl adjacent to an activating group) is 1. The van der Waals surface area contributed by atoms with Gasteiger partial charge in [-0.25, -0.2) is 8.42 Å². The summed E-state index contributed by atoms with van der Waals surface area (Å²) < 4.78 is 25.3. The van der Waals surface area contributed by atoms with E-state index in [4.69, 9.17) is 0 Å². The number of hydrogen-bond acceptors (Lipinski definition) is 6. The summed E-state index contributed by atoms with van der Waals surface area (Å²) >= 11 is 0. The van der Waals surface area contributed by atoms with E-state index in [1.807, 2.05) is 0 Å². The molecule has 0 radical (unpaired) electrons. The standard InChI is InChI=1S/C19H23N3O3S/c1-21-11-13-22(14-12-21)15-19(20-23)16-7-9-18(10-8-16)26(24,25)17-5-3-2-4-6-17/h2-10,23H,11-15H2,1H3. The highest BCUT2D eigenvalue weighted by atomic mass is 32.2. The van der Waals surface area contributed by atoms with Crippen molar-refractivity contribution in [3.8, 4) is 0 Å². The topological polar surface area (TPSA) is 73.2 Å². The lowest BCUT2D eigenvalue weighted by atomic mass is 10.1. The molecule has 0 unspecified atom stereocenters. The third-order valence-electron chi connectivity index (χ3n) is 4.64. The molecule has 3 rings (SSSR count). The van der Waals surface area contributed by atoms with Crippen LogP contribution in [0.4, 0.5) is 0 Å². The highest BCUT2D eigenvalue weighted by Crippen LogP contribution is 2.21. The van der Waals surface area contributed by atoms with Crippen LogP contribution in [0.2, 0.25) is 0 Å². The Bertz CT molecular complexity index is 857. The van der Waals surface area contributed by atoms with Crippen molar-refractivity contribution >= 4 is 15.5 Å². The van der Waals surface area contributed by atoms with Gasteiger partial charge in [0.1, 0.15) is 5.71 Å². The Hall–Kier alpha value is -2.22. The van der Waals surface area contributed by atoms with Crippen LogP contribution < -0.4 is 0 Å². The maximum absolute atomic E-state index is 12.6. The molecule has 0 aliphatic carbocycles. The lowest BCUT2D eigenvalue weighted by Gasteiger charge is -2.32. The Balaban J connectivity index is 1.76. The Morgan fingerprint density at radius 1 is 0.962 bits per heavy atom. The lowest BCUT2D eigenvalue weighted by Crippen LogP contribution is -2.46. The molecule has 2 aromatic carbocycles. The average molecular weight is 373 g/mol. The van der Waals surface area contributed by atoms with E-state index in [2.05, 4.69) is 22.0 Å². The van der Waals surface area contributed by atoms with Crippen LogP contribution in [0.25, 0.3) is 0 Å². The predicted molar refractivity (Wildman–Crippen MR) is 101 cm³/mol. The molecule has 0 atom stereocenters. The van der Waals surface area contributed by atoms with Crippen molar-refractivity contribution in [3.05, 3.63) is 60.2 Å². The molecule has 1 fully saturated rings. The fourth-order valence-electron chi connectivity index (χ4n) is 2.96. The summed E-state index contributed by atoms with van der Waals surface area (Å²) in [7, 11) is -1.45. The molecule has 0 bridgehead atoms. The molecule has 1 aliphatic rings. The van der Waals surface area contributed by atoms with Gasteiger partial charge in [0.05, 0.1) is 9.79 Å². The molecule has 1 aliphatic heterocycles. The van der Waals surface area contributed by atoms with E-state index >= 15 is 0 Å². The van der Waals surface area contributed by atoms with Crippen molar-refractivity contribution in [2.45, 2.75) is 9.79 Å². The molecule has 0 aromatic heterocycles. The third kappa shape index (κ3) is 4.12. The van der Waals surface area contributed by atoms with Crippen molar-refractivity contribution in [1.29, 1.82) is 0 Å². The SMILES string of the molecule is CN1CCN(CC(=NO)c2ccc(S(=O)(=O)c3ccccc3)cc2)CC1. The fourth-order valence-corrected chi connectivity index (χ4v) is 4.24. The van der Waals surface area contributed by atoms with Crippen molar-refractivity contribution < 1.29 is 13.6 Å². The van der Waals surface area contributed by atoms with Crippen LogP contribution >= 0.6 is 0 Å². The smallest absolute Gasteiger partial charge is 0.206 e. The minimum Gasteiger partial charge on any atom is -0.411 e. The maximum Gasteiger partial charge on any atom is 0.206 e. The van der Waals surface area contributed by atoms with Crippen LogP contribution in [-0.4, -0.2) is 68.9 Å². The largest absolute Gasteiger partial charge is 0.411 e. The van der Waals surface area contributed by atoms with Gasteiger partial charge in [-0.1, -0.05) is 35.5 Å². The van der Waals surface area contributed by atoms with E-state index in [9.17, 15) is 13.6 Å². The molecule has 7 heteroatoms. The minimum atomic E-state index is -3.54. The zero-order chi connectivity index (χ0) is 18.6. The van der Waals surface area contributed by atoms with Gasteiger partial charge in [0, 0.05) is 38.3 Å². The van der Waals surface area contributed by atoms with E-state index < -0.39 is 9.84 Å². The molecule has 0 saturated carbocycles. The van der Waals surface area contributed by atoms with Gasteiger partial charge in [0.15, 0.2) is 0 Å². The van der Waals surface area contributed by atoms with E-state index in [0.29, 0.717) is 12.3 Å². The normalized spacial score (nSPS) is 17.3. The Morgan fingerprint density at radius 2 is 1.54 bits per heavy atom. The van der Waals surface area contributed by atoms with E-state index in [1.165, 1.54) is 0 Å². The molecule has 2 aromatic rings. The second-order valence-corrected chi connectivity index (χ2v) is 8.42. The molecule has 138 valence electrons. The average Bonchev–Trinajstić information content (AvgIpc) is 2.68. The van der Waals surface area contributed by atoms with E-state index in [0.717, 1.165) is 31.7 Å². The Labute approximate surface area is 154 Å². The van der Waals surface area contributed by atoms with Gasteiger partial charge in [-0.05, 0) is 31.3 Å². The molecule has 0 amide bonds. The summed E-state index contributed by atoms with van der Waals surface area (Å²) in [6.45, 7) is 4.32. The summed E-state index contributed by atoms with van der Waals surface area (Å²) in [6.07, 6.45) is 0. The highest BCUT2D eigenvalue weighted by Gasteiger charge is 2.19. The van der Waals surface area contributed by atoms with E-state index in [1.54, 1.807) is 54.6 Å². The van der Waals surface area contributed by atoms with Crippen molar-refractivity contribution in [2.75, 3.05) is 39.8 Å². The van der Waals surface area contributed by atoms with Gasteiger partial charge in [0.25, 0.3) is 0 Å². The predicted octanol–water partition coefficient (Wildman–Crippen LogP) is 1.95. The number of benzene rings is 2. The van der Waals surface area contributed by atoms with Crippen LogP contribution in [0.1, 0.15) is 5.56 Å². The number of sulfone groups is 1. The van der Waals surface area contributed by atoms with Crippen LogP contribution in [0.15, 0.2) is 69.5 Å². The summed E-state index contributed by atoms with van der Waals surface area (Å²) in [6, 6.07) is 14.9. The lowest BCUT2D eigenvalue weighted by molar-refractivity contribution is 0.169. The molecule has 6 nitrogen and oxygen atoms in total. The van der Waals surface area contributed by atoms with E-state index in [-0.39, 0.29) is 9.79 Å². The summed E-state index contributed by atoms with van der Waals surface area (Å²) in [5, 5.41) is 12.8. The first-order valence-corrected chi connectivity index (χ1v) is 10.0. The third-order valence-corrected chi connectivity index (χ3v) is 6.43. The molecule has 1 N–H and O–H groups in total. The molecular weight excluding hydrogens is 350 g/mol. The number of rotatable bonds is 5. The highest BCUT2D eigenvalue weighted by molar-refractivity contribution is 7.91. The number of hydrogen-bond donors (Lipinski definition) is 1. The molecule has 1 saturated heterocycles. The van der Waals surface area contributed by atoms with Crippen molar-refractivity contribution in [1.82, 2.24) is 9.80 Å². The molecular formula is C19H23N3O3S. The van der Waals surface area contributed by atoms with Crippen molar-refractivity contribution in [2.24, 2.45) is 5.16 Å². The monoisotopic (exact) mass is 373 g/mol. The van der Waals surface area contributed by atoms with Gasteiger partial charge in [0.2, 0.25) is 9.84 Å². The van der Waals surface area contributed by atoms with Crippen LogP contribution in [-0.2, 0) is 9.84 Å². The zero-order valence-electron chi connectivity index (χ0n) is 14.7. The first-order valence-electron chi connectivity index (χ1n) is 8.53. The maximum atomic E-state index is 12.6. The quantitative estimate of drug-likeness (QED) is 0.493. The van der Waals surface area contributed by atoms with Gasteiger partial charge in [-0.2, -0.15) is 0 Å². The van der Waals surface area contributed by atoms with Crippen molar-refractivity contribution in [3.63, 3.8) is 0 Å². The van der Waals surface area contributed by atoms with Gasteiger partial charge < -0.3 is 10.1 Å². The zero-order valence-corrected chi connectivity index (χ0v) is 15.6. The van der Waals surface area contributed by atoms with Crippen LogP contribution in [0.3, 0.4) is 0 Å². The minimum absolute atomic E-state index is 0.226. The fraction of sp³-hybridized carbons (Fsp3) is 0.316. The number of nitrogens with zero attached hydrogens (tertiary/aromatic N) is 3. The van der Waals surface area contributed by atoms with Gasteiger partial charge in [-0.15, -0.1) is 0 Å². The second-order valence-electron chi connectivity index (χ2n) is 6.47. The summed E-state index contributed by atoms with van der Waals surface area (Å²) in [4.78, 5) is 4.98. The van der Waals surface area contributed by atoms with Crippen LogP contribution in [0.5, 0.6) is 0 Å². The van der Waals surface area contributed by atoms with Gasteiger partial charge >= 0.3 is 0 Å². The van der Waals surface area contributed by atoms with Crippen LogP contribution in [0, 0.1) is 0 Å². The first-order chi connectivity index (χ1) is 12.5. The Morgan fingerprint density at radius 3 is 2.12 bits per heavy atom. The molecule has 0 spiro atoms. The summed E-state index contributed by atoms with van der Waals surface area (Å²) in [5.41, 5.74) is 1.26. The first kappa shape index (κ1) is 18.6. The summed E-state index contributed by atoms with van der Waals surface area (Å²) in [5.74, 6) is 0. The molecule has 1 heterocycles. The second kappa shape index (κ2) is 7.99. The number of oxime groups is 1.